The van der Waals surface area contributed by atoms with Crippen molar-refractivity contribution in [2.45, 2.75) is 13.3 Å². The number of benzene rings is 1. The predicted molar refractivity (Wildman–Crippen MR) is 91.8 cm³/mol. The first-order chi connectivity index (χ1) is 11.2. The lowest BCUT2D eigenvalue weighted by Gasteiger charge is -2.34. The molecule has 23 heavy (non-hydrogen) atoms. The lowest BCUT2D eigenvalue weighted by molar-refractivity contribution is -0.134. The van der Waals surface area contributed by atoms with Gasteiger partial charge in [0.25, 0.3) is 0 Å². The molecule has 1 aliphatic rings. The van der Waals surface area contributed by atoms with E-state index in [9.17, 15) is 9.59 Å². The fourth-order valence-electron chi connectivity index (χ4n) is 2.49. The molecular weight excluding hydrogens is 290 g/mol. The Hall–Kier alpha value is -2.14. The van der Waals surface area contributed by atoms with Crippen molar-refractivity contribution >= 4 is 17.9 Å². The average molecular weight is 315 g/mol. The van der Waals surface area contributed by atoms with Crippen LogP contribution in [0.5, 0.6) is 0 Å². The smallest absolute Gasteiger partial charge is 0.242 e. The lowest BCUT2D eigenvalue weighted by atomic mass is 10.2. The number of nitrogens with one attached hydrogen (secondary N) is 1. The summed E-state index contributed by atoms with van der Waals surface area (Å²) >= 11 is 0. The minimum absolute atomic E-state index is 0.00581. The Morgan fingerprint density at radius 1 is 1.13 bits per heavy atom. The Kier molecular flexibility index (Phi) is 6.81. The van der Waals surface area contributed by atoms with Crippen molar-refractivity contribution in [1.82, 2.24) is 15.1 Å². The quantitative estimate of drug-likeness (QED) is 0.863. The number of piperazine rings is 1. The van der Waals surface area contributed by atoms with Gasteiger partial charge in [-0.15, -0.1) is 0 Å². The summed E-state index contributed by atoms with van der Waals surface area (Å²) in [5.74, 6) is -0.0747. The summed E-state index contributed by atoms with van der Waals surface area (Å²) in [5.41, 5.74) is 1.20. The lowest BCUT2D eigenvalue weighted by Crippen LogP contribution is -2.51. The molecule has 1 fully saturated rings. The van der Waals surface area contributed by atoms with Crippen LogP contribution in [0.2, 0.25) is 0 Å². The zero-order valence-electron chi connectivity index (χ0n) is 13.7. The zero-order chi connectivity index (χ0) is 16.5. The number of nitrogens with zero attached hydrogens (tertiary/aromatic N) is 2. The molecule has 1 aromatic rings. The molecule has 0 spiro atoms. The molecule has 1 saturated heterocycles. The standard InChI is InChI=1S/C18H25N3O2/c1-2-17(22)19-15-18(23)21-13-11-20(12-14-21)10-6-9-16-7-4-3-5-8-16/h3-9H,2,10-15H2,1H3,(H,19,22)/b9-6+. The van der Waals surface area contributed by atoms with Gasteiger partial charge in [0.05, 0.1) is 6.54 Å². The molecule has 5 nitrogen and oxygen atoms in total. The molecule has 0 radical (unpaired) electrons. The monoisotopic (exact) mass is 315 g/mol. The van der Waals surface area contributed by atoms with Gasteiger partial charge in [-0.3, -0.25) is 14.5 Å². The molecule has 1 aliphatic heterocycles. The number of rotatable bonds is 6. The van der Waals surface area contributed by atoms with E-state index in [1.807, 2.05) is 23.1 Å². The number of hydrogen-bond donors (Lipinski definition) is 1. The molecule has 5 heteroatoms. The van der Waals surface area contributed by atoms with Crippen molar-refractivity contribution in [2.24, 2.45) is 0 Å². The van der Waals surface area contributed by atoms with Crippen LogP contribution in [0.4, 0.5) is 0 Å². The molecule has 1 heterocycles. The molecule has 2 amide bonds. The van der Waals surface area contributed by atoms with Crippen molar-refractivity contribution in [1.29, 1.82) is 0 Å². The van der Waals surface area contributed by atoms with E-state index in [4.69, 9.17) is 0 Å². The van der Waals surface area contributed by atoms with Crippen molar-refractivity contribution in [2.75, 3.05) is 39.3 Å². The first kappa shape index (κ1) is 17.2. The Balaban J connectivity index is 1.68. The second-order valence-electron chi connectivity index (χ2n) is 5.62. The fraction of sp³-hybridized carbons (Fsp3) is 0.444. The van der Waals surface area contributed by atoms with Crippen LogP contribution in [0.1, 0.15) is 18.9 Å². The number of hydrogen-bond acceptors (Lipinski definition) is 3. The van der Waals surface area contributed by atoms with E-state index in [0.29, 0.717) is 6.42 Å². The third-order valence-corrected chi connectivity index (χ3v) is 3.96. The molecule has 1 N–H and O–H groups in total. The second kappa shape index (κ2) is 9.10. The van der Waals surface area contributed by atoms with Crippen LogP contribution in [0.25, 0.3) is 6.08 Å². The first-order valence-electron chi connectivity index (χ1n) is 8.17. The Morgan fingerprint density at radius 3 is 2.48 bits per heavy atom. The molecule has 0 saturated carbocycles. The van der Waals surface area contributed by atoms with Crippen LogP contribution in [0.3, 0.4) is 0 Å². The highest BCUT2D eigenvalue weighted by Gasteiger charge is 2.20. The van der Waals surface area contributed by atoms with Gasteiger partial charge < -0.3 is 10.2 Å². The van der Waals surface area contributed by atoms with Crippen LogP contribution in [0, 0.1) is 0 Å². The largest absolute Gasteiger partial charge is 0.347 e. The van der Waals surface area contributed by atoms with Crippen LogP contribution in [-0.4, -0.2) is 60.9 Å². The van der Waals surface area contributed by atoms with E-state index in [1.54, 1.807) is 6.92 Å². The normalized spacial score (nSPS) is 15.8. The molecule has 0 bridgehead atoms. The number of carbonyl (C=O) groups excluding carboxylic acids is 2. The molecule has 1 aromatic carbocycles. The number of carbonyl (C=O) groups is 2. The van der Waals surface area contributed by atoms with Gasteiger partial charge in [0, 0.05) is 39.1 Å². The minimum Gasteiger partial charge on any atom is -0.347 e. The summed E-state index contributed by atoms with van der Waals surface area (Å²) in [5, 5.41) is 2.64. The van der Waals surface area contributed by atoms with Gasteiger partial charge in [-0.2, -0.15) is 0 Å². The maximum absolute atomic E-state index is 12.0. The first-order valence-corrected chi connectivity index (χ1v) is 8.17. The van der Waals surface area contributed by atoms with Crippen LogP contribution in [0.15, 0.2) is 36.4 Å². The van der Waals surface area contributed by atoms with Crippen molar-refractivity contribution in [3.63, 3.8) is 0 Å². The number of amides is 2. The summed E-state index contributed by atoms with van der Waals surface area (Å²) in [6, 6.07) is 10.2. The maximum Gasteiger partial charge on any atom is 0.242 e. The van der Waals surface area contributed by atoms with Gasteiger partial charge in [-0.1, -0.05) is 49.4 Å². The molecular formula is C18H25N3O2. The summed E-state index contributed by atoms with van der Waals surface area (Å²) in [6.07, 6.45) is 4.70. The van der Waals surface area contributed by atoms with E-state index in [0.717, 1.165) is 32.7 Å². The second-order valence-corrected chi connectivity index (χ2v) is 5.62. The molecule has 0 aliphatic carbocycles. The average Bonchev–Trinajstić information content (AvgIpc) is 2.61. The van der Waals surface area contributed by atoms with E-state index in [1.165, 1.54) is 5.56 Å². The highest BCUT2D eigenvalue weighted by atomic mass is 16.2. The van der Waals surface area contributed by atoms with Crippen molar-refractivity contribution < 1.29 is 9.59 Å². The molecule has 124 valence electrons. The molecule has 0 aromatic heterocycles. The van der Waals surface area contributed by atoms with E-state index in [-0.39, 0.29) is 18.4 Å². The Morgan fingerprint density at radius 2 is 1.83 bits per heavy atom. The summed E-state index contributed by atoms with van der Waals surface area (Å²) in [6.45, 7) is 5.96. The third kappa shape index (κ3) is 5.87. The van der Waals surface area contributed by atoms with Gasteiger partial charge >= 0.3 is 0 Å². The van der Waals surface area contributed by atoms with Crippen LogP contribution >= 0.6 is 0 Å². The summed E-state index contributed by atoms with van der Waals surface area (Å²) in [4.78, 5) is 27.3. The van der Waals surface area contributed by atoms with Gasteiger partial charge in [0.2, 0.25) is 11.8 Å². The van der Waals surface area contributed by atoms with Gasteiger partial charge in [-0.05, 0) is 5.56 Å². The fourth-order valence-corrected chi connectivity index (χ4v) is 2.49. The topological polar surface area (TPSA) is 52.7 Å². The predicted octanol–water partition coefficient (Wildman–Crippen LogP) is 1.37. The third-order valence-electron chi connectivity index (χ3n) is 3.96. The van der Waals surface area contributed by atoms with E-state index >= 15 is 0 Å². The molecule has 0 unspecified atom stereocenters. The van der Waals surface area contributed by atoms with Gasteiger partial charge in [0.15, 0.2) is 0 Å². The van der Waals surface area contributed by atoms with E-state index in [2.05, 4.69) is 34.5 Å². The summed E-state index contributed by atoms with van der Waals surface area (Å²) < 4.78 is 0. The van der Waals surface area contributed by atoms with Crippen LogP contribution in [-0.2, 0) is 9.59 Å². The molecule has 2 rings (SSSR count). The van der Waals surface area contributed by atoms with Gasteiger partial charge in [0.1, 0.15) is 0 Å². The van der Waals surface area contributed by atoms with Gasteiger partial charge in [-0.25, -0.2) is 0 Å². The Labute approximate surface area is 138 Å². The maximum atomic E-state index is 12.0. The van der Waals surface area contributed by atoms with Crippen LogP contribution < -0.4 is 5.32 Å². The van der Waals surface area contributed by atoms with Crippen molar-refractivity contribution in [3.8, 4) is 0 Å². The minimum atomic E-state index is -0.0805. The summed E-state index contributed by atoms with van der Waals surface area (Å²) in [7, 11) is 0. The molecule has 0 atom stereocenters. The Bertz CT molecular complexity index is 534. The van der Waals surface area contributed by atoms with Crippen molar-refractivity contribution in [3.05, 3.63) is 42.0 Å². The van der Waals surface area contributed by atoms with E-state index < -0.39 is 0 Å². The SMILES string of the molecule is CCC(=O)NCC(=O)N1CCN(C/C=C/c2ccccc2)CC1. The zero-order valence-corrected chi connectivity index (χ0v) is 13.7. The highest BCUT2D eigenvalue weighted by molar-refractivity contribution is 5.84. The highest BCUT2D eigenvalue weighted by Crippen LogP contribution is 2.04.